The molecule has 32 heavy (non-hydrogen) atoms. The molecule has 0 unspecified atom stereocenters. The summed E-state index contributed by atoms with van der Waals surface area (Å²) in [6, 6.07) is 20.9. The minimum absolute atomic E-state index is 0.234. The fourth-order valence-corrected chi connectivity index (χ4v) is 3.59. The van der Waals surface area contributed by atoms with Crippen LogP contribution >= 0.6 is 0 Å². The van der Waals surface area contributed by atoms with Crippen LogP contribution in [0, 0.1) is 27.7 Å². The molecule has 1 heterocycles. The molecule has 0 atom stereocenters. The molecule has 0 saturated heterocycles. The zero-order valence-electron chi connectivity index (χ0n) is 18.7. The third-order valence-electron chi connectivity index (χ3n) is 5.69. The fourth-order valence-electron chi connectivity index (χ4n) is 3.59. The molecule has 1 aromatic heterocycles. The molecule has 0 radical (unpaired) electrons. The van der Waals surface area contributed by atoms with E-state index in [1.165, 1.54) is 5.56 Å². The summed E-state index contributed by atoms with van der Waals surface area (Å²) in [5.74, 6) is -0.768. The monoisotopic (exact) mass is 423 g/mol. The number of ether oxygens (including phenoxy) is 1. The summed E-state index contributed by atoms with van der Waals surface area (Å²) >= 11 is 0. The summed E-state index contributed by atoms with van der Waals surface area (Å²) in [7, 11) is 0. The van der Waals surface area contributed by atoms with Crippen molar-refractivity contribution in [3.8, 4) is 11.3 Å². The normalized spacial score (nSPS) is 10.9. The Morgan fingerprint density at radius 1 is 0.781 bits per heavy atom. The van der Waals surface area contributed by atoms with Gasteiger partial charge in [0.15, 0.2) is 12.4 Å². The SMILES string of the molecule is Cc1ccc(C(=O)COC(=O)c2cc(-c3ccc(C)c(C)c3)nc3ccc(C)cc23)cc1. The van der Waals surface area contributed by atoms with Crippen molar-refractivity contribution in [3.05, 3.63) is 100 Å². The van der Waals surface area contributed by atoms with Crippen LogP contribution < -0.4 is 0 Å². The van der Waals surface area contributed by atoms with E-state index in [-0.39, 0.29) is 12.4 Å². The number of pyridine rings is 1. The van der Waals surface area contributed by atoms with Gasteiger partial charge >= 0.3 is 5.97 Å². The van der Waals surface area contributed by atoms with Gasteiger partial charge in [0.25, 0.3) is 0 Å². The van der Waals surface area contributed by atoms with E-state index in [9.17, 15) is 9.59 Å². The number of hydrogen-bond donors (Lipinski definition) is 0. The van der Waals surface area contributed by atoms with Crippen molar-refractivity contribution in [2.45, 2.75) is 27.7 Å². The molecule has 0 fully saturated rings. The van der Waals surface area contributed by atoms with E-state index in [1.807, 2.05) is 56.3 Å². The van der Waals surface area contributed by atoms with Gasteiger partial charge < -0.3 is 4.74 Å². The first kappa shape index (κ1) is 21.4. The van der Waals surface area contributed by atoms with Crippen molar-refractivity contribution in [1.29, 1.82) is 0 Å². The predicted octanol–water partition coefficient (Wildman–Crippen LogP) is 6.18. The molecule has 0 spiro atoms. The summed E-state index contributed by atoms with van der Waals surface area (Å²) in [6.45, 7) is 7.72. The zero-order valence-corrected chi connectivity index (χ0v) is 18.7. The topological polar surface area (TPSA) is 56.3 Å². The highest BCUT2D eigenvalue weighted by atomic mass is 16.5. The molecule has 0 aliphatic heterocycles. The van der Waals surface area contributed by atoms with Gasteiger partial charge in [0.2, 0.25) is 0 Å². The minimum Gasteiger partial charge on any atom is -0.454 e. The number of benzene rings is 3. The number of aryl methyl sites for hydroxylation is 4. The maximum absolute atomic E-state index is 13.1. The second kappa shape index (κ2) is 8.75. The third kappa shape index (κ3) is 4.45. The number of esters is 1. The number of nitrogens with zero attached hydrogens (tertiary/aromatic N) is 1. The van der Waals surface area contributed by atoms with Crippen LogP contribution in [0.15, 0.2) is 66.7 Å². The Morgan fingerprint density at radius 2 is 1.50 bits per heavy atom. The Morgan fingerprint density at radius 3 is 2.22 bits per heavy atom. The van der Waals surface area contributed by atoms with Crippen LogP contribution in [0.1, 0.15) is 43.0 Å². The summed E-state index contributed by atoms with van der Waals surface area (Å²) < 4.78 is 5.44. The van der Waals surface area contributed by atoms with Gasteiger partial charge in [-0.25, -0.2) is 9.78 Å². The number of rotatable bonds is 5. The number of hydrogen-bond acceptors (Lipinski definition) is 4. The smallest absolute Gasteiger partial charge is 0.339 e. The summed E-state index contributed by atoms with van der Waals surface area (Å²) in [6.07, 6.45) is 0. The van der Waals surface area contributed by atoms with Crippen molar-refractivity contribution in [2.75, 3.05) is 6.61 Å². The van der Waals surface area contributed by atoms with Gasteiger partial charge in [-0.05, 0) is 63.1 Å². The molecule has 4 aromatic rings. The van der Waals surface area contributed by atoms with E-state index in [0.717, 1.165) is 22.3 Å². The number of ketones is 1. The lowest BCUT2D eigenvalue weighted by Crippen LogP contribution is -2.15. The van der Waals surface area contributed by atoms with Gasteiger partial charge in [-0.15, -0.1) is 0 Å². The lowest BCUT2D eigenvalue weighted by Gasteiger charge is -2.12. The van der Waals surface area contributed by atoms with Gasteiger partial charge in [-0.2, -0.15) is 0 Å². The molecule has 0 aliphatic rings. The fraction of sp³-hybridized carbons (Fsp3) is 0.179. The highest BCUT2D eigenvalue weighted by Crippen LogP contribution is 2.27. The van der Waals surface area contributed by atoms with Crippen LogP contribution in [0.3, 0.4) is 0 Å². The van der Waals surface area contributed by atoms with Gasteiger partial charge in [0.1, 0.15) is 0 Å². The molecular formula is C28H25NO3. The average Bonchev–Trinajstić information content (AvgIpc) is 2.78. The van der Waals surface area contributed by atoms with Crippen molar-refractivity contribution in [1.82, 2.24) is 4.98 Å². The standard InChI is InChI=1S/C28H25NO3/c1-17-5-9-21(10-6-17)27(30)16-32-28(31)24-15-26(22-11-8-19(3)20(4)14-22)29-25-12-7-18(2)13-23(24)25/h5-15H,16H2,1-4H3. The quantitative estimate of drug-likeness (QED) is 0.284. The Balaban J connectivity index is 1.68. The molecule has 0 aliphatic carbocycles. The van der Waals surface area contributed by atoms with Crippen LogP contribution in [0.2, 0.25) is 0 Å². The second-order valence-electron chi connectivity index (χ2n) is 8.24. The predicted molar refractivity (Wildman–Crippen MR) is 127 cm³/mol. The molecule has 4 rings (SSSR count). The minimum atomic E-state index is -0.534. The van der Waals surface area contributed by atoms with Gasteiger partial charge in [0, 0.05) is 16.5 Å². The molecule has 4 heteroatoms. The molecule has 0 N–H and O–H groups in total. The molecular weight excluding hydrogens is 398 g/mol. The van der Waals surface area contributed by atoms with Crippen LogP contribution in [0.25, 0.3) is 22.2 Å². The third-order valence-corrected chi connectivity index (χ3v) is 5.69. The van der Waals surface area contributed by atoms with Crippen molar-refractivity contribution < 1.29 is 14.3 Å². The number of carbonyl (C=O) groups excluding carboxylic acids is 2. The van der Waals surface area contributed by atoms with Crippen molar-refractivity contribution in [2.24, 2.45) is 0 Å². The Labute approximate surface area is 187 Å². The summed E-state index contributed by atoms with van der Waals surface area (Å²) in [5, 5.41) is 0.713. The highest BCUT2D eigenvalue weighted by Gasteiger charge is 2.18. The first-order valence-corrected chi connectivity index (χ1v) is 10.6. The zero-order chi connectivity index (χ0) is 22.8. The first-order valence-electron chi connectivity index (χ1n) is 10.6. The van der Waals surface area contributed by atoms with Gasteiger partial charge in [-0.1, -0.05) is 53.6 Å². The van der Waals surface area contributed by atoms with E-state index in [4.69, 9.17) is 9.72 Å². The number of aromatic nitrogens is 1. The molecule has 0 bridgehead atoms. The van der Waals surface area contributed by atoms with E-state index in [0.29, 0.717) is 27.7 Å². The van der Waals surface area contributed by atoms with E-state index >= 15 is 0 Å². The largest absolute Gasteiger partial charge is 0.454 e. The van der Waals surface area contributed by atoms with Crippen molar-refractivity contribution in [3.63, 3.8) is 0 Å². The summed E-state index contributed by atoms with van der Waals surface area (Å²) in [5.41, 5.74) is 7.70. The molecule has 3 aromatic carbocycles. The van der Waals surface area contributed by atoms with Crippen LogP contribution in [-0.2, 0) is 4.74 Å². The summed E-state index contributed by atoms with van der Waals surface area (Å²) in [4.78, 5) is 30.3. The first-order chi connectivity index (χ1) is 15.3. The lowest BCUT2D eigenvalue weighted by molar-refractivity contribution is 0.0476. The maximum Gasteiger partial charge on any atom is 0.339 e. The number of Topliss-reactive ketones (excluding diaryl/α,β-unsaturated/α-hetero) is 1. The average molecular weight is 424 g/mol. The van der Waals surface area contributed by atoms with E-state index in [1.54, 1.807) is 18.2 Å². The second-order valence-corrected chi connectivity index (χ2v) is 8.24. The Kier molecular flexibility index (Phi) is 5.87. The molecule has 4 nitrogen and oxygen atoms in total. The lowest BCUT2D eigenvalue weighted by atomic mass is 10.00. The van der Waals surface area contributed by atoms with Crippen molar-refractivity contribution >= 4 is 22.7 Å². The Hall–Kier alpha value is -3.79. The number of fused-ring (bicyclic) bond motifs is 1. The van der Waals surface area contributed by atoms with Gasteiger partial charge in [-0.3, -0.25) is 4.79 Å². The van der Waals surface area contributed by atoms with Crippen LogP contribution in [0.4, 0.5) is 0 Å². The van der Waals surface area contributed by atoms with E-state index < -0.39 is 5.97 Å². The molecule has 160 valence electrons. The van der Waals surface area contributed by atoms with Crippen LogP contribution in [0.5, 0.6) is 0 Å². The highest BCUT2D eigenvalue weighted by molar-refractivity contribution is 6.06. The van der Waals surface area contributed by atoms with Gasteiger partial charge in [0.05, 0.1) is 16.8 Å². The number of carbonyl (C=O) groups is 2. The maximum atomic E-state index is 13.1. The Bertz CT molecular complexity index is 1340. The van der Waals surface area contributed by atoms with E-state index in [2.05, 4.69) is 19.9 Å². The molecule has 0 saturated carbocycles. The van der Waals surface area contributed by atoms with Crippen LogP contribution in [-0.4, -0.2) is 23.3 Å². The molecule has 0 amide bonds.